The molecular weight excluding hydrogens is 290 g/mol. The van der Waals surface area contributed by atoms with Crippen molar-refractivity contribution < 1.29 is 9.53 Å². The maximum Gasteiger partial charge on any atom is 0.315 e. The van der Waals surface area contributed by atoms with Gasteiger partial charge >= 0.3 is 6.03 Å². The molecule has 1 atom stereocenters. The molecule has 2 fully saturated rings. The number of urea groups is 1. The van der Waals surface area contributed by atoms with Gasteiger partial charge in [-0.2, -0.15) is 0 Å². The topological polar surface area (TPSA) is 53.6 Å². The lowest BCUT2D eigenvalue weighted by molar-refractivity contribution is 0.0342. The van der Waals surface area contributed by atoms with Gasteiger partial charge in [-0.25, -0.2) is 4.79 Å². The predicted molar refractivity (Wildman–Crippen MR) is 90.1 cm³/mol. The molecule has 0 radical (unpaired) electrons. The molecule has 23 heavy (non-hydrogen) atoms. The van der Waals surface area contributed by atoms with Gasteiger partial charge in [0, 0.05) is 32.2 Å². The Morgan fingerprint density at radius 1 is 1.22 bits per heavy atom. The van der Waals surface area contributed by atoms with Gasteiger partial charge in [0.05, 0.1) is 13.2 Å². The van der Waals surface area contributed by atoms with Crippen molar-refractivity contribution in [3.8, 4) is 0 Å². The third-order valence-electron chi connectivity index (χ3n) is 4.67. The second-order valence-corrected chi connectivity index (χ2v) is 6.66. The van der Waals surface area contributed by atoms with Gasteiger partial charge < -0.3 is 15.4 Å². The van der Waals surface area contributed by atoms with Crippen molar-refractivity contribution in [2.75, 3.05) is 26.3 Å². The highest BCUT2D eigenvalue weighted by Crippen LogP contribution is 2.32. The molecule has 5 heteroatoms. The number of hydrogen-bond acceptors (Lipinski definition) is 3. The molecule has 3 rings (SSSR count). The van der Waals surface area contributed by atoms with E-state index >= 15 is 0 Å². The molecular formula is C18H27N3O2. The Kier molecular flexibility index (Phi) is 5.51. The number of hydrogen-bond donors (Lipinski definition) is 2. The summed E-state index contributed by atoms with van der Waals surface area (Å²) in [4.78, 5) is 14.3. The number of amides is 2. The van der Waals surface area contributed by atoms with Gasteiger partial charge in [0.25, 0.3) is 0 Å². The molecule has 1 aliphatic carbocycles. The Bertz CT molecular complexity index is 508. The largest absolute Gasteiger partial charge is 0.379 e. The Morgan fingerprint density at radius 2 is 1.87 bits per heavy atom. The summed E-state index contributed by atoms with van der Waals surface area (Å²) in [5, 5.41) is 5.95. The van der Waals surface area contributed by atoms with E-state index in [0.29, 0.717) is 12.5 Å². The molecule has 0 spiro atoms. The molecule has 1 heterocycles. The summed E-state index contributed by atoms with van der Waals surface area (Å²) in [5.41, 5.74) is 2.44. The van der Waals surface area contributed by atoms with Crippen LogP contribution in [0.15, 0.2) is 24.3 Å². The molecule has 2 aliphatic rings. The Labute approximate surface area is 138 Å². The van der Waals surface area contributed by atoms with E-state index in [0.717, 1.165) is 38.4 Å². The number of ether oxygens (including phenoxy) is 1. The maximum absolute atomic E-state index is 11.8. The van der Waals surface area contributed by atoms with Gasteiger partial charge in [0.2, 0.25) is 0 Å². The molecule has 1 aromatic rings. The van der Waals surface area contributed by atoms with E-state index in [1.165, 1.54) is 18.4 Å². The fourth-order valence-electron chi connectivity index (χ4n) is 2.93. The van der Waals surface area contributed by atoms with Crippen LogP contribution < -0.4 is 10.6 Å². The van der Waals surface area contributed by atoms with Crippen molar-refractivity contribution in [1.29, 1.82) is 0 Å². The third-order valence-corrected chi connectivity index (χ3v) is 4.67. The van der Waals surface area contributed by atoms with Crippen molar-refractivity contribution in [1.82, 2.24) is 15.5 Å². The minimum Gasteiger partial charge on any atom is -0.379 e. The molecule has 1 aliphatic heterocycles. The zero-order valence-corrected chi connectivity index (χ0v) is 13.9. The van der Waals surface area contributed by atoms with E-state index in [-0.39, 0.29) is 12.1 Å². The average Bonchev–Trinajstić information content (AvgIpc) is 3.40. The normalized spacial score (nSPS) is 20.0. The summed E-state index contributed by atoms with van der Waals surface area (Å²) in [5.74, 6) is 0.681. The van der Waals surface area contributed by atoms with Crippen molar-refractivity contribution >= 4 is 6.03 Å². The molecule has 1 saturated heterocycles. The van der Waals surface area contributed by atoms with Crippen molar-refractivity contribution in [2.45, 2.75) is 38.9 Å². The first-order valence-corrected chi connectivity index (χ1v) is 8.63. The van der Waals surface area contributed by atoms with Gasteiger partial charge in [-0.15, -0.1) is 0 Å². The van der Waals surface area contributed by atoms with Crippen LogP contribution in [0.3, 0.4) is 0 Å². The molecule has 1 saturated carbocycles. The zero-order chi connectivity index (χ0) is 16.1. The number of morpholine rings is 1. The predicted octanol–water partition coefficient (Wildman–Crippen LogP) is 2.12. The van der Waals surface area contributed by atoms with Crippen molar-refractivity contribution in [3.63, 3.8) is 0 Å². The highest BCUT2D eigenvalue weighted by molar-refractivity contribution is 5.74. The van der Waals surface area contributed by atoms with Gasteiger partial charge in [-0.1, -0.05) is 24.3 Å². The van der Waals surface area contributed by atoms with Gasteiger partial charge in [-0.05, 0) is 36.8 Å². The second kappa shape index (κ2) is 7.79. The lowest BCUT2D eigenvalue weighted by Crippen LogP contribution is -2.41. The summed E-state index contributed by atoms with van der Waals surface area (Å²) >= 11 is 0. The molecule has 0 bridgehead atoms. The van der Waals surface area contributed by atoms with Gasteiger partial charge in [-0.3, -0.25) is 4.90 Å². The summed E-state index contributed by atoms with van der Waals surface area (Å²) in [6.45, 7) is 7.29. The maximum atomic E-state index is 11.8. The molecule has 0 unspecified atom stereocenters. The molecule has 126 valence electrons. The van der Waals surface area contributed by atoms with E-state index in [4.69, 9.17) is 4.74 Å². The quantitative estimate of drug-likeness (QED) is 0.845. The van der Waals surface area contributed by atoms with E-state index in [9.17, 15) is 4.79 Å². The smallest absolute Gasteiger partial charge is 0.315 e. The molecule has 5 nitrogen and oxygen atoms in total. The molecule has 0 aromatic heterocycles. The Morgan fingerprint density at radius 3 is 2.52 bits per heavy atom. The van der Waals surface area contributed by atoms with Crippen LogP contribution in [0, 0.1) is 5.92 Å². The van der Waals surface area contributed by atoms with Gasteiger partial charge in [0.15, 0.2) is 0 Å². The fourth-order valence-corrected chi connectivity index (χ4v) is 2.93. The monoisotopic (exact) mass is 317 g/mol. The summed E-state index contributed by atoms with van der Waals surface area (Å²) in [6, 6.07) is 8.71. The van der Waals surface area contributed by atoms with E-state index in [2.05, 4.69) is 46.7 Å². The van der Waals surface area contributed by atoms with Crippen LogP contribution >= 0.6 is 0 Å². The van der Waals surface area contributed by atoms with Crippen molar-refractivity contribution in [2.24, 2.45) is 5.92 Å². The first kappa shape index (κ1) is 16.3. The minimum atomic E-state index is -0.0678. The first-order valence-electron chi connectivity index (χ1n) is 8.63. The highest BCUT2D eigenvalue weighted by atomic mass is 16.5. The van der Waals surface area contributed by atoms with Gasteiger partial charge in [0.1, 0.15) is 0 Å². The third kappa shape index (κ3) is 5.22. The average molecular weight is 317 g/mol. The van der Waals surface area contributed by atoms with E-state index < -0.39 is 0 Å². The summed E-state index contributed by atoms with van der Waals surface area (Å²) in [6.07, 6.45) is 2.48. The van der Waals surface area contributed by atoms with E-state index in [1.54, 1.807) is 0 Å². The van der Waals surface area contributed by atoms with Crippen LogP contribution in [-0.4, -0.2) is 43.3 Å². The molecule has 2 N–H and O–H groups in total. The van der Waals surface area contributed by atoms with Crippen LogP contribution in [0.5, 0.6) is 0 Å². The van der Waals surface area contributed by atoms with Crippen LogP contribution in [0.25, 0.3) is 0 Å². The van der Waals surface area contributed by atoms with Crippen LogP contribution in [0.2, 0.25) is 0 Å². The highest BCUT2D eigenvalue weighted by Gasteiger charge is 2.28. The number of carbonyl (C=O) groups is 1. The fraction of sp³-hybridized carbons (Fsp3) is 0.611. The van der Waals surface area contributed by atoms with Crippen LogP contribution in [0.4, 0.5) is 4.79 Å². The number of nitrogens with one attached hydrogen (secondary N) is 2. The molecule has 2 amide bonds. The first-order chi connectivity index (χ1) is 11.2. The lowest BCUT2D eigenvalue weighted by atomic mass is 10.1. The SMILES string of the molecule is C[C@H](NC(=O)NCc1ccc(CN2CCOCC2)cc1)C1CC1. The standard InChI is InChI=1S/C18H27N3O2/c1-14(17-6-7-17)20-18(22)19-12-15-2-4-16(5-3-15)13-21-8-10-23-11-9-21/h2-5,14,17H,6-13H2,1H3,(H2,19,20,22)/t14-/m0/s1. The summed E-state index contributed by atoms with van der Waals surface area (Å²) < 4.78 is 5.37. The van der Waals surface area contributed by atoms with E-state index in [1.807, 2.05) is 0 Å². The number of carbonyl (C=O) groups excluding carboxylic acids is 1. The van der Waals surface area contributed by atoms with Crippen LogP contribution in [0.1, 0.15) is 30.9 Å². The summed E-state index contributed by atoms with van der Waals surface area (Å²) in [7, 11) is 0. The number of rotatable bonds is 6. The second-order valence-electron chi connectivity index (χ2n) is 6.66. The Balaban J connectivity index is 1.40. The Hall–Kier alpha value is -1.59. The number of benzene rings is 1. The number of nitrogens with zero attached hydrogens (tertiary/aromatic N) is 1. The minimum absolute atomic E-state index is 0.0678. The lowest BCUT2D eigenvalue weighted by Gasteiger charge is -2.26. The molecule has 1 aromatic carbocycles. The zero-order valence-electron chi connectivity index (χ0n) is 13.9. The van der Waals surface area contributed by atoms with Crippen molar-refractivity contribution in [3.05, 3.63) is 35.4 Å². The van der Waals surface area contributed by atoms with Crippen LogP contribution in [-0.2, 0) is 17.8 Å².